The van der Waals surface area contributed by atoms with Gasteiger partial charge >= 0.3 is 0 Å². The lowest BCUT2D eigenvalue weighted by atomic mass is 10.0. The van der Waals surface area contributed by atoms with E-state index in [1.165, 1.54) is 5.56 Å². The van der Waals surface area contributed by atoms with Gasteiger partial charge in [0, 0.05) is 51.1 Å². The quantitative estimate of drug-likeness (QED) is 0.672. The third-order valence-electron chi connectivity index (χ3n) is 5.45. The minimum absolute atomic E-state index is 0.0364. The van der Waals surface area contributed by atoms with Crippen LogP contribution in [0.5, 0.6) is 5.75 Å². The van der Waals surface area contributed by atoms with E-state index in [9.17, 15) is 9.59 Å². The fraction of sp³-hybridized carbons (Fsp3) is 0.417. The van der Waals surface area contributed by atoms with E-state index in [2.05, 4.69) is 17.0 Å². The van der Waals surface area contributed by atoms with Crippen LogP contribution >= 0.6 is 0 Å². The summed E-state index contributed by atoms with van der Waals surface area (Å²) in [6, 6.07) is 15.7. The Morgan fingerprint density at radius 3 is 2.31 bits per heavy atom. The molecule has 0 radical (unpaired) electrons. The molecular formula is C24H30N2O3. The maximum atomic E-state index is 12.6. The van der Waals surface area contributed by atoms with Gasteiger partial charge in [0.25, 0.3) is 0 Å². The third-order valence-corrected chi connectivity index (χ3v) is 5.45. The van der Waals surface area contributed by atoms with Crippen LogP contribution in [0.25, 0.3) is 0 Å². The Balaban J connectivity index is 1.46. The van der Waals surface area contributed by atoms with Crippen molar-refractivity contribution >= 4 is 11.7 Å². The first-order valence-corrected chi connectivity index (χ1v) is 10.3. The van der Waals surface area contributed by atoms with Gasteiger partial charge in [-0.05, 0) is 31.0 Å². The van der Waals surface area contributed by atoms with Crippen LogP contribution < -0.4 is 4.74 Å². The Kier molecular flexibility index (Phi) is 7.42. The zero-order valence-corrected chi connectivity index (χ0v) is 17.4. The van der Waals surface area contributed by atoms with Gasteiger partial charge in [0.2, 0.25) is 5.91 Å². The van der Waals surface area contributed by atoms with Gasteiger partial charge in [-0.15, -0.1) is 0 Å². The van der Waals surface area contributed by atoms with E-state index in [4.69, 9.17) is 4.74 Å². The van der Waals surface area contributed by atoms with E-state index in [0.29, 0.717) is 12.1 Å². The van der Waals surface area contributed by atoms with Crippen molar-refractivity contribution in [1.82, 2.24) is 9.80 Å². The summed E-state index contributed by atoms with van der Waals surface area (Å²) in [6.45, 7) is 6.17. The highest BCUT2D eigenvalue weighted by atomic mass is 16.5. The molecule has 1 amide bonds. The number of hydrogen-bond donors (Lipinski definition) is 0. The van der Waals surface area contributed by atoms with Crippen LogP contribution in [0, 0.1) is 6.92 Å². The zero-order valence-electron chi connectivity index (χ0n) is 17.4. The molecule has 1 aliphatic heterocycles. The van der Waals surface area contributed by atoms with E-state index in [1.807, 2.05) is 48.2 Å². The van der Waals surface area contributed by atoms with Crippen molar-refractivity contribution in [2.75, 3.05) is 33.3 Å². The first-order chi connectivity index (χ1) is 14.0. The number of amides is 1. The molecule has 0 spiro atoms. The van der Waals surface area contributed by atoms with Crippen LogP contribution in [0.15, 0.2) is 48.5 Å². The molecule has 154 valence electrons. The molecule has 0 aliphatic carbocycles. The molecule has 1 fully saturated rings. The number of methoxy groups -OCH3 is 1. The van der Waals surface area contributed by atoms with E-state index in [0.717, 1.165) is 43.9 Å². The van der Waals surface area contributed by atoms with E-state index < -0.39 is 0 Å². The number of benzene rings is 2. The molecular weight excluding hydrogens is 364 g/mol. The van der Waals surface area contributed by atoms with Crippen molar-refractivity contribution in [3.05, 3.63) is 65.2 Å². The number of Topliss-reactive ketones (excluding diaryl/α,β-unsaturated/α-hetero) is 1. The smallest absolute Gasteiger partial charge is 0.223 e. The highest BCUT2D eigenvalue weighted by molar-refractivity contribution is 5.97. The molecule has 1 heterocycles. The van der Waals surface area contributed by atoms with Crippen molar-refractivity contribution in [3.8, 4) is 5.75 Å². The molecule has 29 heavy (non-hydrogen) atoms. The van der Waals surface area contributed by atoms with Crippen molar-refractivity contribution < 1.29 is 14.3 Å². The molecule has 0 saturated carbocycles. The standard InChI is InChI=1S/C24H30N2O3/c1-19-4-8-21(9-5-19)23(27)12-13-24(28)26-15-3-14-25(16-17-26)18-20-6-10-22(29-2)11-7-20/h4-11H,3,12-18H2,1-2H3. The van der Waals surface area contributed by atoms with Crippen LogP contribution in [0.1, 0.15) is 40.7 Å². The fourth-order valence-electron chi connectivity index (χ4n) is 3.63. The number of aryl methyl sites for hydroxylation is 1. The number of ether oxygens (including phenoxy) is 1. The summed E-state index contributed by atoms with van der Waals surface area (Å²) in [5.74, 6) is 0.979. The molecule has 1 aliphatic rings. The number of nitrogens with zero attached hydrogens (tertiary/aromatic N) is 2. The van der Waals surface area contributed by atoms with Gasteiger partial charge in [-0.25, -0.2) is 0 Å². The number of ketones is 1. The largest absolute Gasteiger partial charge is 0.497 e. The van der Waals surface area contributed by atoms with E-state index in [-0.39, 0.29) is 24.5 Å². The number of carbonyl (C=O) groups excluding carboxylic acids is 2. The summed E-state index contributed by atoms with van der Waals surface area (Å²) in [6.07, 6.45) is 1.51. The fourth-order valence-corrected chi connectivity index (χ4v) is 3.63. The Morgan fingerprint density at radius 2 is 1.62 bits per heavy atom. The molecule has 0 atom stereocenters. The number of carbonyl (C=O) groups is 2. The number of rotatable bonds is 7. The Labute approximate surface area is 173 Å². The Hall–Kier alpha value is -2.66. The molecule has 2 aromatic rings. The van der Waals surface area contributed by atoms with Crippen molar-refractivity contribution in [2.24, 2.45) is 0 Å². The summed E-state index contributed by atoms with van der Waals surface area (Å²) in [4.78, 5) is 29.2. The molecule has 0 aromatic heterocycles. The van der Waals surface area contributed by atoms with Crippen molar-refractivity contribution in [3.63, 3.8) is 0 Å². The second kappa shape index (κ2) is 10.2. The maximum absolute atomic E-state index is 12.6. The number of hydrogen-bond acceptors (Lipinski definition) is 4. The van der Waals surface area contributed by atoms with Gasteiger partial charge in [0.1, 0.15) is 5.75 Å². The summed E-state index contributed by atoms with van der Waals surface area (Å²) in [7, 11) is 1.67. The SMILES string of the molecule is COc1ccc(CN2CCCN(C(=O)CCC(=O)c3ccc(C)cc3)CC2)cc1. The first kappa shape index (κ1) is 21.1. The molecule has 2 aromatic carbocycles. The topological polar surface area (TPSA) is 49.9 Å². The summed E-state index contributed by atoms with van der Waals surface area (Å²) in [5.41, 5.74) is 3.06. The Morgan fingerprint density at radius 1 is 0.897 bits per heavy atom. The maximum Gasteiger partial charge on any atom is 0.223 e. The lowest BCUT2D eigenvalue weighted by Crippen LogP contribution is -2.35. The molecule has 3 rings (SSSR count). The van der Waals surface area contributed by atoms with Gasteiger partial charge in [-0.3, -0.25) is 14.5 Å². The average Bonchev–Trinajstić information content (AvgIpc) is 2.98. The molecule has 1 saturated heterocycles. The van der Waals surface area contributed by atoms with E-state index in [1.54, 1.807) is 7.11 Å². The molecule has 0 bridgehead atoms. The van der Waals surface area contributed by atoms with E-state index >= 15 is 0 Å². The van der Waals surface area contributed by atoms with Crippen LogP contribution in [-0.4, -0.2) is 54.8 Å². The van der Waals surface area contributed by atoms with Gasteiger partial charge in [-0.1, -0.05) is 42.0 Å². The molecule has 0 N–H and O–H groups in total. The minimum Gasteiger partial charge on any atom is -0.497 e. The van der Waals surface area contributed by atoms with Crippen molar-refractivity contribution in [2.45, 2.75) is 32.7 Å². The van der Waals surface area contributed by atoms with Crippen molar-refractivity contribution in [1.29, 1.82) is 0 Å². The van der Waals surface area contributed by atoms with Gasteiger partial charge in [0.05, 0.1) is 7.11 Å². The zero-order chi connectivity index (χ0) is 20.6. The van der Waals surface area contributed by atoms with Crippen LogP contribution in [0.2, 0.25) is 0 Å². The predicted octanol–water partition coefficient (Wildman–Crippen LogP) is 3.70. The highest BCUT2D eigenvalue weighted by Crippen LogP contribution is 2.15. The lowest BCUT2D eigenvalue weighted by molar-refractivity contribution is -0.131. The first-order valence-electron chi connectivity index (χ1n) is 10.3. The molecule has 0 unspecified atom stereocenters. The third kappa shape index (κ3) is 6.16. The average molecular weight is 395 g/mol. The van der Waals surface area contributed by atoms with Gasteiger partial charge < -0.3 is 9.64 Å². The normalized spacial score (nSPS) is 15.0. The van der Waals surface area contributed by atoms with Gasteiger partial charge in [0.15, 0.2) is 5.78 Å². The summed E-state index contributed by atoms with van der Waals surface area (Å²) < 4.78 is 5.21. The Bertz CT molecular complexity index is 815. The molecule has 5 nitrogen and oxygen atoms in total. The minimum atomic E-state index is 0.0364. The monoisotopic (exact) mass is 394 g/mol. The second-order valence-corrected chi connectivity index (χ2v) is 7.65. The van der Waals surface area contributed by atoms with Crippen LogP contribution in [-0.2, 0) is 11.3 Å². The lowest BCUT2D eigenvalue weighted by Gasteiger charge is -2.22. The summed E-state index contributed by atoms with van der Waals surface area (Å²) in [5, 5.41) is 0. The van der Waals surface area contributed by atoms with Gasteiger partial charge in [-0.2, -0.15) is 0 Å². The van der Waals surface area contributed by atoms with Crippen LogP contribution in [0.3, 0.4) is 0 Å². The highest BCUT2D eigenvalue weighted by Gasteiger charge is 2.20. The second-order valence-electron chi connectivity index (χ2n) is 7.65. The predicted molar refractivity (Wildman–Crippen MR) is 114 cm³/mol. The summed E-state index contributed by atoms with van der Waals surface area (Å²) >= 11 is 0. The molecule has 5 heteroatoms. The van der Waals surface area contributed by atoms with Crippen LogP contribution in [0.4, 0.5) is 0 Å².